The van der Waals surface area contributed by atoms with Crippen molar-refractivity contribution in [1.29, 1.82) is 0 Å². The molecule has 0 saturated carbocycles. The van der Waals surface area contributed by atoms with E-state index in [0.717, 1.165) is 23.4 Å². The molecule has 2 aromatic heterocycles. The number of nitrogens with zero attached hydrogens (tertiary/aromatic N) is 2. The van der Waals surface area contributed by atoms with Crippen molar-refractivity contribution in [3.8, 4) is 0 Å². The molecule has 0 aromatic carbocycles. The maximum absolute atomic E-state index is 6.20. The third-order valence-corrected chi connectivity index (χ3v) is 4.39. The topological polar surface area (TPSA) is 51.8 Å². The summed E-state index contributed by atoms with van der Waals surface area (Å²) in [4.78, 5) is 11.2. The molecule has 0 aliphatic rings. The van der Waals surface area contributed by atoms with Crippen molar-refractivity contribution in [1.82, 2.24) is 9.97 Å². The Kier molecular flexibility index (Phi) is 3.97. The van der Waals surface area contributed by atoms with Gasteiger partial charge in [-0.05, 0) is 31.7 Å². The molecular weight excluding hydrogens is 242 g/mol. The van der Waals surface area contributed by atoms with Crippen LogP contribution in [-0.2, 0) is 6.42 Å². The molecule has 1 atom stereocenters. The summed E-state index contributed by atoms with van der Waals surface area (Å²) >= 11 is 1.74. The number of rotatable bonds is 4. The molecule has 3 nitrogen and oxygen atoms in total. The molecule has 18 heavy (non-hydrogen) atoms. The van der Waals surface area contributed by atoms with Crippen LogP contribution in [0.3, 0.4) is 0 Å². The van der Waals surface area contributed by atoms with Crippen LogP contribution >= 0.6 is 11.3 Å². The molecule has 0 spiro atoms. The summed E-state index contributed by atoms with van der Waals surface area (Å²) in [6.45, 7) is 8.69. The van der Waals surface area contributed by atoms with E-state index in [9.17, 15) is 0 Å². The first-order valence-corrected chi connectivity index (χ1v) is 7.25. The summed E-state index contributed by atoms with van der Waals surface area (Å²) < 4.78 is 0. The summed E-state index contributed by atoms with van der Waals surface area (Å²) in [6.07, 6.45) is 3.54. The summed E-state index contributed by atoms with van der Waals surface area (Å²) in [7, 11) is 0. The van der Waals surface area contributed by atoms with E-state index in [-0.39, 0.29) is 6.04 Å². The Balaban J connectivity index is 2.33. The zero-order valence-corrected chi connectivity index (χ0v) is 12.3. The highest BCUT2D eigenvalue weighted by atomic mass is 32.1. The van der Waals surface area contributed by atoms with Crippen LogP contribution in [0.15, 0.2) is 6.33 Å². The number of aromatic nitrogens is 2. The fourth-order valence-electron chi connectivity index (χ4n) is 2.35. The predicted molar refractivity (Wildman–Crippen MR) is 78.0 cm³/mol. The summed E-state index contributed by atoms with van der Waals surface area (Å²) in [5, 5.41) is 1.22. The van der Waals surface area contributed by atoms with Gasteiger partial charge in [-0.3, -0.25) is 0 Å². The normalized spacial score (nSPS) is 13.4. The maximum atomic E-state index is 6.20. The Morgan fingerprint density at radius 3 is 2.67 bits per heavy atom. The molecule has 98 valence electrons. The van der Waals surface area contributed by atoms with Gasteiger partial charge in [0.2, 0.25) is 0 Å². The number of fused-ring (bicyclic) bond motifs is 1. The van der Waals surface area contributed by atoms with Crippen LogP contribution in [0.25, 0.3) is 10.2 Å². The van der Waals surface area contributed by atoms with Crippen LogP contribution in [0.5, 0.6) is 0 Å². The van der Waals surface area contributed by atoms with Gasteiger partial charge >= 0.3 is 0 Å². The highest BCUT2D eigenvalue weighted by Crippen LogP contribution is 2.30. The molecule has 0 saturated heterocycles. The van der Waals surface area contributed by atoms with Crippen molar-refractivity contribution in [3.63, 3.8) is 0 Å². The molecule has 2 N–H and O–H groups in total. The summed E-state index contributed by atoms with van der Waals surface area (Å²) in [5.41, 5.74) is 8.61. The van der Waals surface area contributed by atoms with Gasteiger partial charge in [0.1, 0.15) is 11.2 Å². The molecule has 1 unspecified atom stereocenters. The van der Waals surface area contributed by atoms with Crippen molar-refractivity contribution < 1.29 is 0 Å². The summed E-state index contributed by atoms with van der Waals surface area (Å²) in [6, 6.07) is 0.183. The number of hydrogen-bond donors (Lipinski definition) is 1. The first-order chi connectivity index (χ1) is 8.49. The lowest BCUT2D eigenvalue weighted by Crippen LogP contribution is -2.25. The van der Waals surface area contributed by atoms with Gasteiger partial charge in [0, 0.05) is 22.7 Å². The lowest BCUT2D eigenvalue weighted by Gasteiger charge is -2.14. The molecule has 0 fully saturated rings. The molecule has 0 aliphatic heterocycles. The second kappa shape index (κ2) is 5.33. The van der Waals surface area contributed by atoms with Gasteiger partial charge in [-0.1, -0.05) is 13.8 Å². The zero-order valence-electron chi connectivity index (χ0n) is 11.5. The minimum absolute atomic E-state index is 0.183. The molecule has 0 bridgehead atoms. The van der Waals surface area contributed by atoms with Crippen LogP contribution in [-0.4, -0.2) is 16.0 Å². The molecule has 0 radical (unpaired) electrons. The molecule has 2 aromatic rings. The van der Waals surface area contributed by atoms with E-state index in [4.69, 9.17) is 5.73 Å². The van der Waals surface area contributed by atoms with Gasteiger partial charge in [-0.15, -0.1) is 11.3 Å². The Bertz CT molecular complexity index is 545. The smallest absolute Gasteiger partial charge is 0.127 e. The van der Waals surface area contributed by atoms with E-state index < -0.39 is 0 Å². The third kappa shape index (κ3) is 2.70. The fraction of sp³-hybridized carbons (Fsp3) is 0.571. The van der Waals surface area contributed by atoms with Gasteiger partial charge in [0.15, 0.2) is 0 Å². The van der Waals surface area contributed by atoms with Crippen molar-refractivity contribution >= 4 is 21.6 Å². The van der Waals surface area contributed by atoms with E-state index in [1.165, 1.54) is 15.8 Å². The molecule has 0 amide bonds. The highest BCUT2D eigenvalue weighted by Gasteiger charge is 2.14. The van der Waals surface area contributed by atoms with Crippen LogP contribution in [0.1, 0.15) is 36.4 Å². The second-order valence-electron chi connectivity index (χ2n) is 5.38. The molecule has 4 heteroatoms. The molecule has 2 heterocycles. The molecular formula is C14H21N3S. The van der Waals surface area contributed by atoms with Crippen molar-refractivity contribution in [2.24, 2.45) is 11.7 Å². The standard InChI is InChI=1S/C14H21N3S/c1-8(2)5-11(15)6-12-13-9(3)10(4)18-14(13)17-7-16-12/h7-8,11H,5-6,15H2,1-4H3. The Hall–Kier alpha value is -1.00. The summed E-state index contributed by atoms with van der Waals surface area (Å²) in [5.74, 6) is 0.627. The number of hydrogen-bond acceptors (Lipinski definition) is 4. The lowest BCUT2D eigenvalue weighted by atomic mass is 9.99. The van der Waals surface area contributed by atoms with Gasteiger partial charge in [-0.2, -0.15) is 0 Å². The average molecular weight is 263 g/mol. The lowest BCUT2D eigenvalue weighted by molar-refractivity contribution is 0.491. The maximum Gasteiger partial charge on any atom is 0.127 e. The first kappa shape index (κ1) is 13.4. The quantitative estimate of drug-likeness (QED) is 0.921. The number of thiophene rings is 1. The van der Waals surface area contributed by atoms with Crippen molar-refractivity contribution in [3.05, 3.63) is 22.5 Å². The fourth-order valence-corrected chi connectivity index (χ4v) is 3.37. The van der Waals surface area contributed by atoms with Crippen LogP contribution < -0.4 is 5.73 Å². The van der Waals surface area contributed by atoms with Crippen LogP contribution in [0, 0.1) is 19.8 Å². The van der Waals surface area contributed by atoms with Crippen LogP contribution in [0.2, 0.25) is 0 Å². The van der Waals surface area contributed by atoms with E-state index in [0.29, 0.717) is 5.92 Å². The average Bonchev–Trinajstić information content (AvgIpc) is 2.54. The Labute approximate surface area is 112 Å². The van der Waals surface area contributed by atoms with E-state index >= 15 is 0 Å². The largest absolute Gasteiger partial charge is 0.327 e. The first-order valence-electron chi connectivity index (χ1n) is 6.44. The van der Waals surface area contributed by atoms with Gasteiger partial charge in [0.05, 0.1) is 5.69 Å². The highest BCUT2D eigenvalue weighted by molar-refractivity contribution is 7.18. The number of nitrogens with two attached hydrogens (primary N) is 1. The molecule has 2 rings (SSSR count). The monoisotopic (exact) mass is 263 g/mol. The van der Waals surface area contributed by atoms with Gasteiger partial charge < -0.3 is 5.73 Å². The van der Waals surface area contributed by atoms with E-state index in [1.54, 1.807) is 17.7 Å². The van der Waals surface area contributed by atoms with Gasteiger partial charge in [-0.25, -0.2) is 9.97 Å². The van der Waals surface area contributed by atoms with E-state index in [1.807, 2.05) is 0 Å². The number of aryl methyl sites for hydroxylation is 2. The SMILES string of the molecule is Cc1sc2ncnc(CC(N)CC(C)C)c2c1C. The van der Waals surface area contributed by atoms with Crippen molar-refractivity contribution in [2.75, 3.05) is 0 Å². The Morgan fingerprint density at radius 2 is 2.00 bits per heavy atom. The minimum Gasteiger partial charge on any atom is -0.327 e. The van der Waals surface area contributed by atoms with Crippen molar-refractivity contribution in [2.45, 2.75) is 46.6 Å². The van der Waals surface area contributed by atoms with Gasteiger partial charge in [0.25, 0.3) is 0 Å². The zero-order chi connectivity index (χ0) is 13.3. The van der Waals surface area contributed by atoms with E-state index in [2.05, 4.69) is 37.7 Å². The minimum atomic E-state index is 0.183. The Morgan fingerprint density at radius 1 is 1.28 bits per heavy atom. The third-order valence-electron chi connectivity index (χ3n) is 3.27. The predicted octanol–water partition coefficient (Wildman–Crippen LogP) is 3.22. The molecule has 0 aliphatic carbocycles. The van der Waals surface area contributed by atoms with Crippen LogP contribution in [0.4, 0.5) is 0 Å². The second-order valence-corrected chi connectivity index (χ2v) is 6.58.